The maximum Gasteiger partial charge on any atom is 0.225 e. The van der Waals surface area contributed by atoms with E-state index in [1.165, 1.54) is 6.07 Å². The zero-order chi connectivity index (χ0) is 11.5. The van der Waals surface area contributed by atoms with Gasteiger partial charge in [-0.15, -0.1) is 0 Å². The first-order valence-electron chi connectivity index (χ1n) is 3.91. The standard InChI is InChI=1S/C6H10BrN5O2S/c7-4-3-5(8)12-6(11-4)10-1-2-15(9,13)14/h3H,1-2H2,(H2,9,13,14)(H3,8,10,11,12). The fraction of sp³-hybridized carbons (Fsp3) is 0.333. The van der Waals surface area contributed by atoms with Crippen LogP contribution in [0.25, 0.3) is 0 Å². The summed E-state index contributed by atoms with van der Waals surface area (Å²) in [6, 6.07) is 1.53. The quantitative estimate of drug-likeness (QED) is 0.645. The molecule has 0 atom stereocenters. The number of nitrogens with zero attached hydrogens (tertiary/aromatic N) is 2. The van der Waals surface area contributed by atoms with Gasteiger partial charge < -0.3 is 11.1 Å². The van der Waals surface area contributed by atoms with E-state index < -0.39 is 10.0 Å². The minimum atomic E-state index is -3.48. The Hall–Kier alpha value is -0.930. The van der Waals surface area contributed by atoms with Crippen LogP contribution in [0.1, 0.15) is 0 Å². The van der Waals surface area contributed by atoms with Crippen LogP contribution in [0.2, 0.25) is 0 Å². The van der Waals surface area contributed by atoms with Gasteiger partial charge in [0.1, 0.15) is 10.4 Å². The van der Waals surface area contributed by atoms with Crippen molar-refractivity contribution in [2.75, 3.05) is 23.3 Å². The summed E-state index contributed by atoms with van der Waals surface area (Å²) < 4.78 is 21.8. The Bertz CT molecular complexity index is 429. The summed E-state index contributed by atoms with van der Waals surface area (Å²) in [6.45, 7) is 0.134. The Morgan fingerprint density at radius 3 is 2.67 bits per heavy atom. The summed E-state index contributed by atoms with van der Waals surface area (Å²) in [4.78, 5) is 7.78. The molecular weight excluding hydrogens is 286 g/mol. The lowest BCUT2D eigenvalue weighted by Crippen LogP contribution is -2.23. The maximum atomic E-state index is 10.6. The van der Waals surface area contributed by atoms with Gasteiger partial charge in [0.05, 0.1) is 5.75 Å². The molecule has 0 saturated carbocycles. The third-order valence-corrected chi connectivity index (χ3v) is 2.56. The van der Waals surface area contributed by atoms with Gasteiger partial charge in [0.15, 0.2) is 0 Å². The number of nitrogen functional groups attached to an aromatic ring is 1. The third kappa shape index (κ3) is 4.91. The van der Waals surface area contributed by atoms with Crippen molar-refractivity contribution in [1.29, 1.82) is 0 Å². The molecule has 1 aromatic rings. The predicted molar refractivity (Wildman–Crippen MR) is 60.6 cm³/mol. The Balaban J connectivity index is 2.58. The van der Waals surface area contributed by atoms with Crippen LogP contribution in [-0.2, 0) is 10.0 Å². The number of nitrogens with two attached hydrogens (primary N) is 2. The minimum Gasteiger partial charge on any atom is -0.383 e. The number of halogens is 1. The van der Waals surface area contributed by atoms with Crippen LogP contribution in [0.3, 0.4) is 0 Å². The molecule has 0 saturated heterocycles. The van der Waals surface area contributed by atoms with Gasteiger partial charge in [-0.3, -0.25) is 0 Å². The molecule has 1 heterocycles. The summed E-state index contributed by atoms with van der Waals surface area (Å²) in [7, 11) is -3.48. The van der Waals surface area contributed by atoms with Crippen molar-refractivity contribution < 1.29 is 8.42 Å². The van der Waals surface area contributed by atoms with Crippen molar-refractivity contribution in [3.8, 4) is 0 Å². The molecule has 7 nitrogen and oxygen atoms in total. The number of sulfonamides is 1. The molecule has 0 aliphatic rings. The Labute approximate surface area is 95.5 Å². The van der Waals surface area contributed by atoms with Gasteiger partial charge in [-0.25, -0.2) is 18.5 Å². The predicted octanol–water partition coefficient (Wildman–Crippen LogP) is -0.478. The Morgan fingerprint density at radius 1 is 1.47 bits per heavy atom. The van der Waals surface area contributed by atoms with Gasteiger partial charge in [0.2, 0.25) is 16.0 Å². The highest BCUT2D eigenvalue weighted by Crippen LogP contribution is 2.11. The van der Waals surface area contributed by atoms with Crippen LogP contribution in [0.5, 0.6) is 0 Å². The zero-order valence-electron chi connectivity index (χ0n) is 7.64. The van der Waals surface area contributed by atoms with Gasteiger partial charge >= 0.3 is 0 Å². The minimum absolute atomic E-state index is 0.134. The number of anilines is 2. The highest BCUT2D eigenvalue weighted by molar-refractivity contribution is 9.10. The van der Waals surface area contributed by atoms with E-state index >= 15 is 0 Å². The van der Waals surface area contributed by atoms with Crippen LogP contribution >= 0.6 is 15.9 Å². The van der Waals surface area contributed by atoms with Crippen LogP contribution < -0.4 is 16.2 Å². The van der Waals surface area contributed by atoms with Crippen molar-refractivity contribution in [2.24, 2.45) is 5.14 Å². The van der Waals surface area contributed by atoms with Crippen molar-refractivity contribution in [1.82, 2.24) is 9.97 Å². The van der Waals surface area contributed by atoms with E-state index in [-0.39, 0.29) is 24.1 Å². The molecule has 5 N–H and O–H groups in total. The molecule has 0 radical (unpaired) electrons. The molecule has 0 unspecified atom stereocenters. The first-order valence-corrected chi connectivity index (χ1v) is 6.42. The van der Waals surface area contributed by atoms with Gasteiger partial charge in [-0.1, -0.05) is 0 Å². The van der Waals surface area contributed by atoms with Gasteiger partial charge in [-0.2, -0.15) is 4.98 Å². The molecule has 0 aliphatic heterocycles. The molecule has 0 aromatic carbocycles. The largest absolute Gasteiger partial charge is 0.383 e. The lowest BCUT2D eigenvalue weighted by atomic mass is 10.6. The molecule has 1 rings (SSSR count). The SMILES string of the molecule is Nc1cc(Br)nc(NCCS(N)(=O)=O)n1. The number of aromatic nitrogens is 2. The fourth-order valence-electron chi connectivity index (χ4n) is 0.819. The summed E-state index contributed by atoms with van der Waals surface area (Å²) in [6.07, 6.45) is 0. The number of nitrogens with one attached hydrogen (secondary N) is 1. The van der Waals surface area contributed by atoms with E-state index in [0.717, 1.165) is 0 Å². The molecule has 84 valence electrons. The highest BCUT2D eigenvalue weighted by Gasteiger charge is 2.04. The van der Waals surface area contributed by atoms with Crippen LogP contribution in [0.15, 0.2) is 10.7 Å². The molecule has 9 heteroatoms. The van der Waals surface area contributed by atoms with E-state index in [2.05, 4.69) is 31.2 Å². The summed E-state index contributed by atoms with van der Waals surface area (Å²) in [5.74, 6) is 0.350. The second kappa shape index (κ2) is 4.73. The fourth-order valence-corrected chi connectivity index (χ4v) is 1.61. The van der Waals surface area contributed by atoms with Crippen LogP contribution in [0, 0.1) is 0 Å². The third-order valence-electron chi connectivity index (χ3n) is 1.38. The Morgan fingerprint density at radius 2 is 2.13 bits per heavy atom. The van der Waals surface area contributed by atoms with Crippen LogP contribution in [0.4, 0.5) is 11.8 Å². The van der Waals surface area contributed by atoms with Crippen molar-refractivity contribution in [3.63, 3.8) is 0 Å². The second-order valence-electron chi connectivity index (χ2n) is 2.73. The molecule has 1 aromatic heterocycles. The van der Waals surface area contributed by atoms with Gasteiger partial charge in [-0.05, 0) is 15.9 Å². The topological polar surface area (TPSA) is 124 Å². The molecule has 0 bridgehead atoms. The molecule has 0 fully saturated rings. The number of rotatable bonds is 4. The molecule has 0 amide bonds. The van der Waals surface area contributed by atoms with Gasteiger partial charge in [0.25, 0.3) is 0 Å². The van der Waals surface area contributed by atoms with Crippen LogP contribution in [-0.4, -0.2) is 30.7 Å². The number of hydrogen-bond acceptors (Lipinski definition) is 6. The lowest BCUT2D eigenvalue weighted by molar-refractivity contribution is 0.598. The first-order chi connectivity index (χ1) is 6.87. The van der Waals surface area contributed by atoms with E-state index in [0.29, 0.717) is 4.60 Å². The molecule has 0 aliphatic carbocycles. The van der Waals surface area contributed by atoms with Crippen molar-refractivity contribution >= 4 is 37.7 Å². The zero-order valence-corrected chi connectivity index (χ0v) is 10.0. The number of hydrogen-bond donors (Lipinski definition) is 3. The normalized spacial score (nSPS) is 11.3. The average molecular weight is 296 g/mol. The van der Waals surface area contributed by atoms with Gasteiger partial charge in [0, 0.05) is 12.6 Å². The van der Waals surface area contributed by atoms with Crippen molar-refractivity contribution in [3.05, 3.63) is 10.7 Å². The lowest BCUT2D eigenvalue weighted by Gasteiger charge is -2.04. The monoisotopic (exact) mass is 295 g/mol. The van der Waals surface area contributed by atoms with Crippen molar-refractivity contribution in [2.45, 2.75) is 0 Å². The summed E-state index contributed by atoms with van der Waals surface area (Å²) >= 11 is 3.13. The highest BCUT2D eigenvalue weighted by atomic mass is 79.9. The summed E-state index contributed by atoms with van der Waals surface area (Å²) in [5, 5.41) is 7.51. The number of primary sulfonamides is 1. The molecule has 0 spiro atoms. The summed E-state index contributed by atoms with van der Waals surface area (Å²) in [5.41, 5.74) is 5.45. The van der Waals surface area contributed by atoms with E-state index in [1.807, 2.05) is 0 Å². The average Bonchev–Trinajstić information content (AvgIpc) is 1.99. The maximum absolute atomic E-state index is 10.6. The molecule has 15 heavy (non-hydrogen) atoms. The first kappa shape index (κ1) is 12.1. The smallest absolute Gasteiger partial charge is 0.225 e. The van der Waals surface area contributed by atoms with E-state index in [9.17, 15) is 8.42 Å². The van der Waals surface area contributed by atoms with E-state index in [1.54, 1.807) is 0 Å². The van der Waals surface area contributed by atoms with E-state index in [4.69, 9.17) is 10.9 Å². The molecular formula is C6H10BrN5O2S. The Kier molecular flexibility index (Phi) is 3.83. The second-order valence-corrected chi connectivity index (χ2v) is 5.28.